The zero-order valence-electron chi connectivity index (χ0n) is 8.71. The van der Waals surface area contributed by atoms with Crippen molar-refractivity contribution < 1.29 is 12.6 Å². The van der Waals surface area contributed by atoms with Crippen LogP contribution in [0.2, 0.25) is 0 Å². The molecule has 3 nitrogen and oxygen atoms in total. The Kier molecular flexibility index (Phi) is 3.68. The predicted molar refractivity (Wildman–Crippen MR) is 73.4 cm³/mol. The molecule has 0 atom stereocenters. The summed E-state index contributed by atoms with van der Waals surface area (Å²) in [4.78, 5) is 0.160. The Morgan fingerprint density at radius 2 is 1.65 bits per heavy atom. The van der Waals surface area contributed by atoms with Crippen LogP contribution in [0.25, 0.3) is 0 Å². The van der Waals surface area contributed by atoms with Crippen molar-refractivity contribution in [2.45, 2.75) is 4.90 Å². The fourth-order valence-corrected chi connectivity index (χ4v) is 3.00. The predicted octanol–water partition coefficient (Wildman–Crippen LogP) is 3.06. The Balaban J connectivity index is 2.32. The summed E-state index contributed by atoms with van der Waals surface area (Å²) in [5.41, 5.74) is 0. The largest absolute Gasteiger partial charge is 0.379 e. The maximum atomic E-state index is 11.9. The van der Waals surface area contributed by atoms with Gasteiger partial charge in [0.05, 0.1) is 0 Å². The zero-order chi connectivity index (χ0) is 12.3. The first-order valence-electron chi connectivity index (χ1n) is 4.83. The summed E-state index contributed by atoms with van der Waals surface area (Å²) >= 11 is 2.06. The second-order valence-electron chi connectivity index (χ2n) is 3.31. The van der Waals surface area contributed by atoms with E-state index in [-0.39, 0.29) is 4.90 Å². The molecular formula is C12H9IO3S. The van der Waals surface area contributed by atoms with Crippen LogP contribution < -0.4 is 4.18 Å². The summed E-state index contributed by atoms with van der Waals surface area (Å²) in [6.45, 7) is 0. The molecule has 0 aliphatic rings. The Morgan fingerprint density at radius 1 is 0.941 bits per heavy atom. The van der Waals surface area contributed by atoms with Gasteiger partial charge in [-0.3, -0.25) is 0 Å². The highest BCUT2D eigenvalue weighted by atomic mass is 127. The minimum atomic E-state index is -3.74. The van der Waals surface area contributed by atoms with E-state index in [1.807, 2.05) is 6.07 Å². The average Bonchev–Trinajstić information content (AvgIpc) is 2.30. The maximum Gasteiger partial charge on any atom is 0.339 e. The van der Waals surface area contributed by atoms with E-state index < -0.39 is 10.1 Å². The molecule has 0 N–H and O–H groups in total. The van der Waals surface area contributed by atoms with Gasteiger partial charge in [-0.05, 0) is 52.9 Å². The van der Waals surface area contributed by atoms with Gasteiger partial charge in [-0.25, -0.2) is 0 Å². The molecule has 17 heavy (non-hydrogen) atoms. The van der Waals surface area contributed by atoms with Crippen molar-refractivity contribution in [2.24, 2.45) is 0 Å². The lowest BCUT2D eigenvalue weighted by atomic mass is 10.3. The maximum absolute atomic E-state index is 11.9. The molecule has 0 bridgehead atoms. The summed E-state index contributed by atoms with van der Waals surface area (Å²) in [5.74, 6) is 0.311. The average molecular weight is 360 g/mol. The van der Waals surface area contributed by atoms with Gasteiger partial charge in [0, 0.05) is 3.57 Å². The molecule has 0 amide bonds. The molecule has 2 rings (SSSR count). The first-order valence-corrected chi connectivity index (χ1v) is 7.32. The Bertz CT molecular complexity index is 609. The van der Waals surface area contributed by atoms with Crippen molar-refractivity contribution in [1.82, 2.24) is 0 Å². The van der Waals surface area contributed by atoms with Crippen LogP contribution in [0, 0.1) is 3.57 Å². The molecule has 0 spiro atoms. The van der Waals surface area contributed by atoms with Gasteiger partial charge < -0.3 is 4.18 Å². The number of hydrogen-bond acceptors (Lipinski definition) is 3. The van der Waals surface area contributed by atoms with Crippen molar-refractivity contribution in [1.29, 1.82) is 0 Å². The van der Waals surface area contributed by atoms with Crippen molar-refractivity contribution in [3.8, 4) is 5.75 Å². The number of hydrogen-bond donors (Lipinski definition) is 0. The van der Waals surface area contributed by atoms with Crippen LogP contribution in [0.3, 0.4) is 0 Å². The number of para-hydroxylation sites is 1. The van der Waals surface area contributed by atoms with Gasteiger partial charge in [-0.2, -0.15) is 8.42 Å². The van der Waals surface area contributed by atoms with Gasteiger partial charge >= 0.3 is 10.1 Å². The summed E-state index contributed by atoms with van der Waals surface area (Å²) in [6.07, 6.45) is 0. The molecule has 5 heteroatoms. The van der Waals surface area contributed by atoms with E-state index >= 15 is 0 Å². The Labute approximate surface area is 114 Å². The van der Waals surface area contributed by atoms with Crippen molar-refractivity contribution in [3.63, 3.8) is 0 Å². The molecule has 0 heterocycles. The molecule has 0 unspecified atom stereocenters. The van der Waals surface area contributed by atoms with E-state index in [9.17, 15) is 8.42 Å². The number of halogens is 1. The minimum absolute atomic E-state index is 0.160. The molecular weight excluding hydrogens is 351 g/mol. The number of rotatable bonds is 3. The van der Waals surface area contributed by atoms with Gasteiger partial charge in [-0.1, -0.05) is 24.3 Å². The van der Waals surface area contributed by atoms with E-state index in [1.54, 1.807) is 42.5 Å². The third kappa shape index (κ3) is 3.19. The van der Waals surface area contributed by atoms with Crippen LogP contribution >= 0.6 is 22.6 Å². The standard InChI is InChI=1S/C12H9IO3S/c13-10-5-4-8-12(9-10)17(14,15)16-11-6-2-1-3-7-11/h1-9H. The molecule has 0 saturated heterocycles. The van der Waals surface area contributed by atoms with Crippen LogP contribution in [0.1, 0.15) is 0 Å². The highest BCUT2D eigenvalue weighted by Gasteiger charge is 2.16. The van der Waals surface area contributed by atoms with Crippen LogP contribution in [0.5, 0.6) is 5.75 Å². The molecule has 88 valence electrons. The van der Waals surface area contributed by atoms with E-state index in [2.05, 4.69) is 22.6 Å². The van der Waals surface area contributed by atoms with E-state index in [1.165, 1.54) is 6.07 Å². The fraction of sp³-hybridized carbons (Fsp3) is 0. The molecule has 0 fully saturated rings. The second kappa shape index (κ2) is 5.05. The second-order valence-corrected chi connectivity index (χ2v) is 6.10. The third-order valence-corrected chi connectivity index (χ3v) is 3.95. The fourth-order valence-electron chi connectivity index (χ4n) is 1.27. The molecule has 2 aromatic carbocycles. The lowest BCUT2D eigenvalue weighted by Crippen LogP contribution is -2.09. The summed E-state index contributed by atoms with van der Waals surface area (Å²) in [5, 5.41) is 0. The minimum Gasteiger partial charge on any atom is -0.379 e. The molecule has 0 saturated carbocycles. The van der Waals surface area contributed by atoms with Crippen molar-refractivity contribution in [3.05, 3.63) is 58.2 Å². The SMILES string of the molecule is O=S(=O)(Oc1ccccc1)c1cccc(I)c1. The quantitative estimate of drug-likeness (QED) is 0.624. The van der Waals surface area contributed by atoms with Crippen molar-refractivity contribution in [2.75, 3.05) is 0 Å². The Hall–Kier alpha value is -1.08. The van der Waals surface area contributed by atoms with Gasteiger partial charge in [0.2, 0.25) is 0 Å². The lowest BCUT2D eigenvalue weighted by Gasteiger charge is -2.06. The van der Waals surface area contributed by atoms with Crippen molar-refractivity contribution >= 4 is 32.7 Å². The van der Waals surface area contributed by atoms with E-state index in [0.29, 0.717) is 5.75 Å². The van der Waals surface area contributed by atoms with Crippen LogP contribution in [0.4, 0.5) is 0 Å². The topological polar surface area (TPSA) is 43.4 Å². The third-order valence-electron chi connectivity index (χ3n) is 2.03. The monoisotopic (exact) mass is 360 g/mol. The summed E-state index contributed by atoms with van der Waals surface area (Å²) < 4.78 is 29.7. The first kappa shape index (κ1) is 12.4. The van der Waals surface area contributed by atoms with E-state index in [0.717, 1.165) is 3.57 Å². The molecule has 0 aliphatic carbocycles. The zero-order valence-corrected chi connectivity index (χ0v) is 11.7. The summed E-state index contributed by atoms with van der Waals surface area (Å²) in [6, 6.07) is 15.0. The normalized spacial score (nSPS) is 11.1. The van der Waals surface area contributed by atoms with E-state index in [4.69, 9.17) is 4.18 Å². The van der Waals surface area contributed by atoms with Gasteiger partial charge in [0.15, 0.2) is 0 Å². The lowest BCUT2D eigenvalue weighted by molar-refractivity contribution is 0.486. The van der Waals surface area contributed by atoms with Gasteiger partial charge in [0.25, 0.3) is 0 Å². The first-order chi connectivity index (χ1) is 8.08. The molecule has 0 radical (unpaired) electrons. The van der Waals surface area contributed by atoms with Gasteiger partial charge in [0.1, 0.15) is 10.6 Å². The Morgan fingerprint density at radius 3 is 2.29 bits per heavy atom. The number of benzene rings is 2. The molecule has 0 aliphatic heterocycles. The smallest absolute Gasteiger partial charge is 0.339 e. The molecule has 2 aromatic rings. The highest BCUT2D eigenvalue weighted by molar-refractivity contribution is 14.1. The van der Waals surface area contributed by atoms with Crippen LogP contribution in [-0.2, 0) is 10.1 Å². The van der Waals surface area contributed by atoms with Crippen LogP contribution in [-0.4, -0.2) is 8.42 Å². The molecule has 0 aromatic heterocycles. The van der Waals surface area contributed by atoms with Gasteiger partial charge in [-0.15, -0.1) is 0 Å². The highest BCUT2D eigenvalue weighted by Crippen LogP contribution is 2.19. The van der Waals surface area contributed by atoms with Crippen LogP contribution in [0.15, 0.2) is 59.5 Å². The summed E-state index contributed by atoms with van der Waals surface area (Å²) in [7, 11) is -3.74.